The maximum absolute atomic E-state index is 11.0. The second-order valence-corrected chi connectivity index (χ2v) is 5.91. The predicted molar refractivity (Wildman–Crippen MR) is 81.8 cm³/mol. The third kappa shape index (κ3) is 4.73. The molecule has 18 heavy (non-hydrogen) atoms. The van der Waals surface area contributed by atoms with Crippen LogP contribution < -0.4 is 4.74 Å². The lowest BCUT2D eigenvalue weighted by atomic mass is 9.97. The quantitative estimate of drug-likeness (QED) is 0.466. The van der Waals surface area contributed by atoms with Gasteiger partial charge in [-0.05, 0) is 63.6 Å². The molecule has 0 aliphatic carbocycles. The van der Waals surface area contributed by atoms with Crippen molar-refractivity contribution in [3.63, 3.8) is 0 Å². The van der Waals surface area contributed by atoms with Gasteiger partial charge in [0.2, 0.25) is 0 Å². The van der Waals surface area contributed by atoms with E-state index in [1.54, 1.807) is 0 Å². The lowest BCUT2D eigenvalue weighted by Gasteiger charge is -2.16. The Bertz CT molecular complexity index is 394. The smallest absolute Gasteiger partial charge is 0.308 e. The first kappa shape index (κ1) is 17.0. The molecular weight excluding hydrogens is 244 g/mol. The number of benzene rings is 1. The van der Waals surface area contributed by atoms with Gasteiger partial charge in [0.25, 0.3) is 0 Å². The molecule has 1 aromatic rings. The fraction of sp³-hybridized carbons (Fsp3) is 0.533. The van der Waals surface area contributed by atoms with Crippen LogP contribution in [0.1, 0.15) is 51.3 Å². The number of ether oxygens (including phenoxy) is 1. The van der Waals surface area contributed by atoms with Crippen LogP contribution in [0.25, 0.3) is 0 Å². The zero-order valence-electron chi connectivity index (χ0n) is 12.5. The van der Waals surface area contributed by atoms with E-state index >= 15 is 0 Å². The minimum Gasteiger partial charge on any atom is -0.426 e. The van der Waals surface area contributed by atoms with Crippen LogP contribution in [-0.4, -0.2) is 5.97 Å². The van der Waals surface area contributed by atoms with Crippen LogP contribution in [-0.2, 0) is 22.2 Å². The summed E-state index contributed by atoms with van der Waals surface area (Å²) < 4.78 is 5.11. The van der Waals surface area contributed by atoms with Crippen molar-refractivity contribution in [1.29, 1.82) is 0 Å². The van der Waals surface area contributed by atoms with Gasteiger partial charge in [0.05, 0.1) is 0 Å². The van der Waals surface area contributed by atoms with Crippen LogP contribution in [0.2, 0.25) is 0 Å². The molecule has 0 bridgehead atoms. The van der Waals surface area contributed by atoms with E-state index in [1.807, 2.05) is 39.8 Å². The zero-order chi connectivity index (χ0) is 14.5. The molecule has 1 rings (SSSR count). The first-order valence-electron chi connectivity index (χ1n) is 6.27. The number of carbonyl (C=O) groups is 1. The van der Waals surface area contributed by atoms with Crippen molar-refractivity contribution < 1.29 is 9.53 Å². The van der Waals surface area contributed by atoms with Gasteiger partial charge in [0.1, 0.15) is 10.5 Å². The fourth-order valence-corrected chi connectivity index (χ4v) is 1.76. The molecule has 0 aromatic heterocycles. The van der Waals surface area contributed by atoms with Crippen LogP contribution in [0.5, 0.6) is 5.75 Å². The highest BCUT2D eigenvalue weighted by atomic mass is 32.1. The maximum atomic E-state index is 11.0. The van der Waals surface area contributed by atoms with E-state index in [0.717, 1.165) is 11.1 Å². The molecule has 0 amide bonds. The Morgan fingerprint density at radius 3 is 1.83 bits per heavy atom. The number of carbonyl (C=O) groups excluding carboxylic acids is 1. The van der Waals surface area contributed by atoms with Gasteiger partial charge in [-0.15, -0.1) is 0 Å². The number of aryl methyl sites for hydroxylation is 2. The first-order chi connectivity index (χ1) is 8.21. The summed E-state index contributed by atoms with van der Waals surface area (Å²) in [5.41, 5.74) is 3.14. The summed E-state index contributed by atoms with van der Waals surface area (Å²) in [6, 6.07) is 4.08. The van der Waals surface area contributed by atoms with Crippen molar-refractivity contribution in [2.24, 2.45) is 0 Å². The van der Waals surface area contributed by atoms with E-state index in [9.17, 15) is 4.79 Å². The number of hydrogen-bond donors (Lipinski definition) is 0. The highest BCUT2D eigenvalue weighted by Gasteiger charge is 2.23. The molecule has 0 N–H and O–H groups in total. The number of rotatable bonds is 2. The average Bonchev–Trinajstić information content (AvgIpc) is 2.24. The van der Waals surface area contributed by atoms with Gasteiger partial charge in [0.15, 0.2) is 0 Å². The van der Waals surface area contributed by atoms with Crippen molar-refractivity contribution in [3.8, 4) is 5.75 Å². The van der Waals surface area contributed by atoms with Crippen molar-refractivity contribution in [3.05, 3.63) is 28.8 Å². The van der Waals surface area contributed by atoms with Gasteiger partial charge in [-0.25, -0.2) is 0 Å². The molecule has 0 aliphatic heterocycles. The van der Waals surface area contributed by atoms with Crippen molar-refractivity contribution in [1.82, 2.24) is 0 Å². The minimum atomic E-state index is -0.281. The van der Waals surface area contributed by atoms with E-state index in [-0.39, 0.29) is 10.7 Å². The lowest BCUT2D eigenvalue weighted by molar-refractivity contribution is -0.131. The van der Waals surface area contributed by atoms with Gasteiger partial charge in [-0.3, -0.25) is 4.79 Å². The third-order valence-electron chi connectivity index (χ3n) is 2.43. The molecule has 0 unspecified atom stereocenters. The Morgan fingerprint density at radius 2 is 1.56 bits per heavy atom. The van der Waals surface area contributed by atoms with Gasteiger partial charge < -0.3 is 4.74 Å². The molecule has 0 fully saturated rings. The second-order valence-electron chi connectivity index (χ2n) is 4.66. The fourth-order valence-electron chi connectivity index (χ4n) is 1.62. The van der Waals surface area contributed by atoms with Gasteiger partial charge >= 0.3 is 5.97 Å². The molecule has 0 spiro atoms. The Morgan fingerprint density at radius 1 is 1.17 bits per heavy atom. The third-order valence-corrected chi connectivity index (χ3v) is 2.72. The largest absolute Gasteiger partial charge is 0.426 e. The summed E-state index contributed by atoms with van der Waals surface area (Å²) in [5, 5.41) is 0. The van der Waals surface area contributed by atoms with Crippen molar-refractivity contribution in [2.45, 2.75) is 53.2 Å². The normalized spacial score (nSPS) is 10.4. The van der Waals surface area contributed by atoms with Crippen LogP contribution in [0.3, 0.4) is 0 Å². The molecule has 102 valence electrons. The standard InChI is InChI=1S/C13H18O2S.C2H6/c1-8-6-11(13(4,5)16)7-9(2)12(8)15-10(3)14;1-2/h6-7,16H,1-5H3;1-2H3/p+1. The minimum absolute atomic E-state index is 0.0791. The molecule has 3 heteroatoms. The summed E-state index contributed by atoms with van der Waals surface area (Å²) in [5.74, 6) is 0.392. The van der Waals surface area contributed by atoms with Crippen LogP contribution in [0, 0.1) is 13.8 Å². The molecule has 0 aliphatic rings. The SMILES string of the molecule is CC.CC(=O)Oc1c(C)cc(C(C)(C)[SH2+])cc1C. The van der Waals surface area contributed by atoms with E-state index < -0.39 is 0 Å². The molecule has 1 aromatic carbocycles. The maximum Gasteiger partial charge on any atom is 0.308 e. The van der Waals surface area contributed by atoms with Crippen molar-refractivity contribution >= 4 is 18.6 Å². The van der Waals surface area contributed by atoms with Crippen LogP contribution in [0.15, 0.2) is 12.1 Å². The highest BCUT2D eigenvalue weighted by Crippen LogP contribution is 2.30. The van der Waals surface area contributed by atoms with Gasteiger partial charge in [-0.2, -0.15) is 0 Å². The Balaban J connectivity index is 0.00000137. The number of esters is 1. The molecule has 2 nitrogen and oxygen atoms in total. The first-order valence-corrected chi connectivity index (χ1v) is 6.77. The van der Waals surface area contributed by atoms with Crippen molar-refractivity contribution in [2.75, 3.05) is 0 Å². The van der Waals surface area contributed by atoms with E-state index in [4.69, 9.17) is 4.74 Å². The molecule has 0 saturated heterocycles. The summed E-state index contributed by atoms with van der Waals surface area (Å²) in [7, 11) is 0. The molecule has 0 atom stereocenters. The highest BCUT2D eigenvalue weighted by molar-refractivity contribution is 7.59. The van der Waals surface area contributed by atoms with E-state index in [2.05, 4.69) is 26.5 Å². The Labute approximate surface area is 116 Å². The molecule has 0 radical (unpaired) electrons. The Kier molecular flexibility index (Phi) is 6.47. The van der Waals surface area contributed by atoms with Gasteiger partial charge in [-0.1, -0.05) is 13.8 Å². The number of hydrogen-bond acceptors (Lipinski definition) is 2. The van der Waals surface area contributed by atoms with Crippen LogP contribution in [0.4, 0.5) is 0 Å². The lowest BCUT2D eigenvalue weighted by Crippen LogP contribution is -2.14. The topological polar surface area (TPSA) is 26.3 Å². The van der Waals surface area contributed by atoms with Crippen LogP contribution >= 0.6 is 0 Å². The molecule has 0 saturated carbocycles. The average molecular weight is 269 g/mol. The summed E-state index contributed by atoms with van der Waals surface area (Å²) >= 11 is 3.68. The summed E-state index contributed by atoms with van der Waals surface area (Å²) in [4.78, 5) is 11.0. The van der Waals surface area contributed by atoms with E-state index in [1.165, 1.54) is 12.5 Å². The zero-order valence-corrected chi connectivity index (χ0v) is 13.5. The second kappa shape index (κ2) is 6.83. The summed E-state index contributed by atoms with van der Waals surface area (Å²) in [6.45, 7) is 13.5. The predicted octanol–water partition coefficient (Wildman–Crippen LogP) is 3.50. The molecule has 0 heterocycles. The summed E-state index contributed by atoms with van der Waals surface area (Å²) in [6.07, 6.45) is 0. The molecular formula is C15H25O2S+. The van der Waals surface area contributed by atoms with E-state index in [0.29, 0.717) is 5.75 Å². The van der Waals surface area contributed by atoms with Gasteiger partial charge in [0, 0.05) is 12.5 Å². The Hall–Kier alpha value is -0.960. The monoisotopic (exact) mass is 269 g/mol.